The predicted octanol–water partition coefficient (Wildman–Crippen LogP) is 6.75. The first kappa shape index (κ1) is 32.2. The predicted molar refractivity (Wildman–Crippen MR) is 194 cm³/mol. The standard InChI is InChI=1S/C40H37N3O5S/c1-6-47-39(45)36-25(4)41-40-43(37(36)27-18-19-33(48-24(2)3)34(20-27)46-5)38(44)35(49-40)21-29-23-42(32-17-10-9-16-31(29)32)22-28-14-11-13-26-12-7-8-15-30(26)28/h7-21,23-24,37H,6,22H2,1-5H3/b35-21+/t37-/m1/s1. The third kappa shape index (κ3) is 5.95. The molecule has 1 aliphatic heterocycles. The van der Waals surface area contributed by atoms with Crippen LogP contribution >= 0.6 is 11.3 Å². The Balaban J connectivity index is 1.37. The van der Waals surface area contributed by atoms with Crippen molar-refractivity contribution in [3.05, 3.63) is 139 Å². The molecule has 6 aromatic rings. The number of aromatic nitrogens is 2. The van der Waals surface area contributed by atoms with Crippen LogP contribution in [-0.2, 0) is 16.1 Å². The number of rotatable bonds is 9. The van der Waals surface area contributed by atoms with E-state index in [-0.39, 0.29) is 18.3 Å². The van der Waals surface area contributed by atoms with Crippen LogP contribution in [0.3, 0.4) is 0 Å². The van der Waals surface area contributed by atoms with Gasteiger partial charge in [-0.25, -0.2) is 9.79 Å². The molecular formula is C40H37N3O5S. The van der Waals surface area contributed by atoms with Crippen LogP contribution in [0.4, 0.5) is 0 Å². The van der Waals surface area contributed by atoms with Crippen LogP contribution in [0, 0.1) is 0 Å². The molecule has 7 rings (SSSR count). The smallest absolute Gasteiger partial charge is 0.338 e. The van der Waals surface area contributed by atoms with Crippen molar-refractivity contribution in [2.75, 3.05) is 13.7 Å². The molecule has 0 amide bonds. The number of fused-ring (bicyclic) bond motifs is 3. The van der Waals surface area contributed by atoms with E-state index >= 15 is 0 Å². The average molecular weight is 672 g/mol. The maximum atomic E-state index is 14.4. The minimum absolute atomic E-state index is 0.0624. The number of hydrogen-bond acceptors (Lipinski definition) is 7. The molecule has 0 saturated carbocycles. The molecular weight excluding hydrogens is 635 g/mol. The summed E-state index contributed by atoms with van der Waals surface area (Å²) in [5.74, 6) is 0.568. The van der Waals surface area contributed by atoms with Crippen molar-refractivity contribution in [3.63, 3.8) is 0 Å². The van der Waals surface area contributed by atoms with E-state index in [0.717, 1.165) is 16.5 Å². The molecule has 0 N–H and O–H groups in total. The summed E-state index contributed by atoms with van der Waals surface area (Å²) < 4.78 is 21.5. The van der Waals surface area contributed by atoms with E-state index in [1.54, 1.807) is 25.5 Å². The number of thiazole rings is 1. The molecule has 248 valence electrons. The Bertz CT molecular complexity index is 2440. The monoisotopic (exact) mass is 671 g/mol. The fourth-order valence-electron chi connectivity index (χ4n) is 6.59. The maximum absolute atomic E-state index is 14.4. The SMILES string of the molecule is CCOC(=O)C1=C(C)N=c2s/c(=C/c3cn(Cc4cccc5ccccc45)c4ccccc34)c(=O)n2[C@@H]1c1ccc(OC(C)C)c(OC)c1. The van der Waals surface area contributed by atoms with Crippen LogP contribution in [0.2, 0.25) is 0 Å². The average Bonchev–Trinajstić information content (AvgIpc) is 3.60. The van der Waals surface area contributed by atoms with Gasteiger partial charge in [-0.1, -0.05) is 78.1 Å². The van der Waals surface area contributed by atoms with Gasteiger partial charge in [0.2, 0.25) is 0 Å². The van der Waals surface area contributed by atoms with Gasteiger partial charge in [-0.2, -0.15) is 0 Å². The van der Waals surface area contributed by atoms with Gasteiger partial charge in [-0.05, 0) is 73.9 Å². The minimum atomic E-state index is -0.771. The topological polar surface area (TPSA) is 84.1 Å². The number of benzene rings is 4. The second-order valence-electron chi connectivity index (χ2n) is 12.2. The molecule has 0 fully saturated rings. The zero-order chi connectivity index (χ0) is 34.2. The Labute approximate surface area is 287 Å². The van der Waals surface area contributed by atoms with Crippen molar-refractivity contribution in [3.8, 4) is 11.5 Å². The molecule has 1 atom stereocenters. The molecule has 3 heterocycles. The number of carbonyl (C=O) groups excluding carboxylic acids is 1. The molecule has 0 unspecified atom stereocenters. The summed E-state index contributed by atoms with van der Waals surface area (Å²) >= 11 is 1.31. The van der Waals surface area contributed by atoms with Crippen molar-refractivity contribution in [1.29, 1.82) is 0 Å². The number of carbonyl (C=O) groups is 1. The van der Waals surface area contributed by atoms with E-state index in [4.69, 9.17) is 19.2 Å². The summed E-state index contributed by atoms with van der Waals surface area (Å²) in [6.45, 7) is 8.30. The molecule has 0 radical (unpaired) electrons. The van der Waals surface area contributed by atoms with Gasteiger partial charge >= 0.3 is 5.97 Å². The normalized spacial score (nSPS) is 14.7. The van der Waals surface area contributed by atoms with Crippen molar-refractivity contribution in [2.45, 2.75) is 46.4 Å². The molecule has 0 saturated heterocycles. The molecule has 2 aromatic heterocycles. The molecule has 4 aromatic carbocycles. The van der Waals surface area contributed by atoms with Crippen molar-refractivity contribution in [2.24, 2.45) is 4.99 Å². The van der Waals surface area contributed by atoms with E-state index in [0.29, 0.717) is 44.2 Å². The molecule has 8 nitrogen and oxygen atoms in total. The second kappa shape index (κ2) is 13.2. The third-order valence-electron chi connectivity index (χ3n) is 8.71. The number of nitrogens with zero attached hydrogens (tertiary/aromatic N) is 3. The number of allylic oxidation sites excluding steroid dienone is 1. The van der Waals surface area contributed by atoms with Gasteiger partial charge in [-0.15, -0.1) is 0 Å². The van der Waals surface area contributed by atoms with Crippen LogP contribution in [-0.4, -0.2) is 34.9 Å². The molecule has 1 aliphatic rings. The van der Waals surface area contributed by atoms with Gasteiger partial charge in [0.25, 0.3) is 5.56 Å². The number of esters is 1. The lowest BCUT2D eigenvalue weighted by molar-refractivity contribution is -0.139. The second-order valence-corrected chi connectivity index (χ2v) is 13.3. The fraction of sp³-hybridized carbons (Fsp3) is 0.225. The highest BCUT2D eigenvalue weighted by atomic mass is 32.1. The highest BCUT2D eigenvalue weighted by molar-refractivity contribution is 7.07. The van der Waals surface area contributed by atoms with Gasteiger partial charge in [0.15, 0.2) is 16.3 Å². The highest BCUT2D eigenvalue weighted by Crippen LogP contribution is 2.36. The van der Waals surface area contributed by atoms with Gasteiger partial charge in [0, 0.05) is 29.2 Å². The van der Waals surface area contributed by atoms with Crippen molar-refractivity contribution < 1.29 is 19.0 Å². The Morgan fingerprint density at radius 2 is 1.73 bits per heavy atom. The van der Waals surface area contributed by atoms with E-state index in [1.165, 1.54) is 27.7 Å². The maximum Gasteiger partial charge on any atom is 0.338 e. The first-order valence-corrected chi connectivity index (χ1v) is 17.2. The van der Waals surface area contributed by atoms with E-state index in [1.807, 2.05) is 50.3 Å². The third-order valence-corrected chi connectivity index (χ3v) is 9.69. The Kier molecular flexibility index (Phi) is 8.69. The van der Waals surface area contributed by atoms with E-state index in [9.17, 15) is 9.59 Å². The molecule has 0 aliphatic carbocycles. The zero-order valence-corrected chi connectivity index (χ0v) is 28.9. The lowest BCUT2D eigenvalue weighted by atomic mass is 9.95. The van der Waals surface area contributed by atoms with Gasteiger partial charge < -0.3 is 18.8 Å². The van der Waals surface area contributed by atoms with Crippen LogP contribution in [0.1, 0.15) is 50.4 Å². The zero-order valence-electron chi connectivity index (χ0n) is 28.1. The van der Waals surface area contributed by atoms with E-state index in [2.05, 4.69) is 65.4 Å². The van der Waals surface area contributed by atoms with Gasteiger partial charge in [0.05, 0.1) is 41.7 Å². The molecule has 49 heavy (non-hydrogen) atoms. The molecule has 0 spiro atoms. The molecule has 9 heteroatoms. The fourth-order valence-corrected chi connectivity index (χ4v) is 7.63. The lowest BCUT2D eigenvalue weighted by Crippen LogP contribution is -2.40. The van der Waals surface area contributed by atoms with Crippen molar-refractivity contribution in [1.82, 2.24) is 9.13 Å². The Hall–Kier alpha value is -5.41. The number of para-hydroxylation sites is 1. The lowest BCUT2D eigenvalue weighted by Gasteiger charge is -2.25. The van der Waals surface area contributed by atoms with Crippen LogP contribution in [0.15, 0.2) is 112 Å². The number of methoxy groups -OCH3 is 1. The summed E-state index contributed by atoms with van der Waals surface area (Å²) in [6.07, 6.45) is 3.98. The van der Waals surface area contributed by atoms with Crippen LogP contribution < -0.4 is 24.4 Å². The summed E-state index contributed by atoms with van der Waals surface area (Å²) in [4.78, 5) is 33.1. The van der Waals surface area contributed by atoms with E-state index < -0.39 is 12.0 Å². The Morgan fingerprint density at radius 3 is 2.51 bits per heavy atom. The summed E-state index contributed by atoms with van der Waals surface area (Å²) in [6, 6.07) is 27.7. The first-order valence-electron chi connectivity index (χ1n) is 16.4. The summed E-state index contributed by atoms with van der Waals surface area (Å²) in [5, 5.41) is 3.45. The van der Waals surface area contributed by atoms with Crippen molar-refractivity contribution >= 4 is 45.1 Å². The summed E-state index contributed by atoms with van der Waals surface area (Å²) in [7, 11) is 1.57. The highest BCUT2D eigenvalue weighted by Gasteiger charge is 2.34. The Morgan fingerprint density at radius 1 is 0.980 bits per heavy atom. The number of hydrogen-bond donors (Lipinski definition) is 0. The van der Waals surface area contributed by atoms with Gasteiger partial charge in [0.1, 0.15) is 0 Å². The van der Waals surface area contributed by atoms with Gasteiger partial charge in [-0.3, -0.25) is 9.36 Å². The summed E-state index contributed by atoms with van der Waals surface area (Å²) in [5.41, 5.74) is 4.47. The quantitative estimate of drug-likeness (QED) is 0.159. The largest absolute Gasteiger partial charge is 0.493 e. The van der Waals surface area contributed by atoms with Crippen LogP contribution in [0.5, 0.6) is 11.5 Å². The first-order chi connectivity index (χ1) is 23.8. The molecule has 0 bridgehead atoms. The number of ether oxygens (including phenoxy) is 3. The van der Waals surface area contributed by atoms with Crippen LogP contribution in [0.25, 0.3) is 27.8 Å². The minimum Gasteiger partial charge on any atom is -0.493 e.